The van der Waals surface area contributed by atoms with Crippen molar-refractivity contribution >= 4 is 15.7 Å². The Morgan fingerprint density at radius 1 is 1.44 bits per heavy atom. The van der Waals surface area contributed by atoms with Crippen LogP contribution in [-0.2, 0) is 23.4 Å². The number of rotatable bonds is 4. The molecular weight excluding hydrogens is 254 g/mol. The summed E-state index contributed by atoms with van der Waals surface area (Å²) >= 11 is 0. The van der Waals surface area contributed by atoms with Crippen LogP contribution in [0.2, 0.25) is 0 Å². The molecule has 0 saturated heterocycles. The number of sulfone groups is 1. The summed E-state index contributed by atoms with van der Waals surface area (Å²) in [6.45, 7) is 0.357. The number of hydrogen-bond acceptors (Lipinski definition) is 6. The Morgan fingerprint density at radius 2 is 2.22 bits per heavy atom. The van der Waals surface area contributed by atoms with Crippen molar-refractivity contribution in [1.29, 1.82) is 0 Å². The quantitative estimate of drug-likeness (QED) is 0.852. The van der Waals surface area contributed by atoms with E-state index in [2.05, 4.69) is 20.5 Å². The molecular formula is C10H13N5O2S. The van der Waals surface area contributed by atoms with Crippen LogP contribution in [0.15, 0.2) is 29.6 Å². The monoisotopic (exact) mass is 267 g/mol. The smallest absolute Gasteiger partial charge is 0.179 e. The number of aromatic nitrogens is 4. The normalized spacial score (nSPS) is 11.4. The standard InChI is InChI=1S/C10H13N5O2S/c1-15-7-13-14-9(15)6-12-10-8(18(2,16)17)4-3-5-11-10/h3-5,7H,6H2,1-2H3,(H,11,12). The average Bonchev–Trinajstić information content (AvgIpc) is 2.71. The maximum absolute atomic E-state index is 11.6. The van der Waals surface area contributed by atoms with Crippen molar-refractivity contribution in [3.8, 4) is 0 Å². The largest absolute Gasteiger partial charge is 0.362 e. The van der Waals surface area contributed by atoms with Crippen molar-refractivity contribution in [3.63, 3.8) is 0 Å². The van der Waals surface area contributed by atoms with Gasteiger partial charge < -0.3 is 9.88 Å². The molecule has 0 aromatic carbocycles. The molecule has 0 amide bonds. The Morgan fingerprint density at radius 3 is 2.83 bits per heavy atom. The highest BCUT2D eigenvalue weighted by atomic mass is 32.2. The maximum Gasteiger partial charge on any atom is 0.179 e. The Kier molecular flexibility index (Phi) is 3.28. The second-order valence-corrected chi connectivity index (χ2v) is 5.82. The number of aryl methyl sites for hydroxylation is 1. The van der Waals surface area contributed by atoms with Crippen molar-refractivity contribution in [1.82, 2.24) is 19.7 Å². The van der Waals surface area contributed by atoms with Gasteiger partial charge in [0.2, 0.25) is 0 Å². The fourth-order valence-corrected chi connectivity index (χ4v) is 2.25. The lowest BCUT2D eigenvalue weighted by Crippen LogP contribution is -2.10. The Bertz CT molecular complexity index is 650. The summed E-state index contributed by atoms with van der Waals surface area (Å²) in [6.07, 6.45) is 4.26. The van der Waals surface area contributed by atoms with Gasteiger partial charge in [-0.2, -0.15) is 0 Å². The molecule has 7 nitrogen and oxygen atoms in total. The SMILES string of the molecule is Cn1cnnc1CNc1ncccc1S(C)(=O)=O. The fraction of sp³-hybridized carbons (Fsp3) is 0.300. The molecule has 0 aliphatic carbocycles. The molecule has 0 unspecified atom stereocenters. The predicted molar refractivity (Wildman–Crippen MR) is 65.7 cm³/mol. The first-order valence-electron chi connectivity index (χ1n) is 5.20. The molecule has 0 radical (unpaired) electrons. The third kappa shape index (κ3) is 2.65. The molecule has 96 valence electrons. The summed E-state index contributed by atoms with van der Waals surface area (Å²) in [5, 5.41) is 10.6. The number of pyridine rings is 1. The van der Waals surface area contributed by atoms with Crippen LogP contribution in [0.25, 0.3) is 0 Å². The van der Waals surface area contributed by atoms with E-state index in [0.29, 0.717) is 18.2 Å². The number of hydrogen-bond donors (Lipinski definition) is 1. The highest BCUT2D eigenvalue weighted by molar-refractivity contribution is 7.90. The summed E-state index contributed by atoms with van der Waals surface area (Å²) in [4.78, 5) is 4.20. The average molecular weight is 267 g/mol. The molecule has 2 heterocycles. The minimum atomic E-state index is -3.30. The van der Waals surface area contributed by atoms with Crippen molar-refractivity contribution < 1.29 is 8.42 Å². The highest BCUT2D eigenvalue weighted by Gasteiger charge is 2.14. The number of nitrogens with one attached hydrogen (secondary N) is 1. The Hall–Kier alpha value is -1.96. The van der Waals surface area contributed by atoms with Crippen molar-refractivity contribution in [2.75, 3.05) is 11.6 Å². The third-order valence-corrected chi connectivity index (χ3v) is 3.52. The number of anilines is 1. The summed E-state index contributed by atoms with van der Waals surface area (Å²) < 4.78 is 24.9. The van der Waals surface area contributed by atoms with E-state index in [-0.39, 0.29) is 4.90 Å². The van der Waals surface area contributed by atoms with Crippen molar-refractivity contribution in [3.05, 3.63) is 30.5 Å². The van der Waals surface area contributed by atoms with E-state index in [4.69, 9.17) is 0 Å². The predicted octanol–water partition coefficient (Wildman–Crippen LogP) is 0.226. The zero-order valence-corrected chi connectivity index (χ0v) is 10.8. The second kappa shape index (κ2) is 4.73. The third-order valence-electron chi connectivity index (χ3n) is 2.39. The summed E-state index contributed by atoms with van der Waals surface area (Å²) in [7, 11) is -1.49. The second-order valence-electron chi connectivity index (χ2n) is 3.83. The van der Waals surface area contributed by atoms with Gasteiger partial charge in [0.05, 0.1) is 6.54 Å². The molecule has 0 fully saturated rings. The molecule has 0 spiro atoms. The van der Waals surface area contributed by atoms with E-state index in [1.54, 1.807) is 17.0 Å². The van der Waals surface area contributed by atoms with E-state index in [0.717, 1.165) is 6.26 Å². The first-order valence-corrected chi connectivity index (χ1v) is 7.09. The Labute approximate surface area is 105 Å². The van der Waals surface area contributed by atoms with E-state index in [1.807, 2.05) is 7.05 Å². The number of nitrogens with zero attached hydrogens (tertiary/aromatic N) is 4. The zero-order chi connectivity index (χ0) is 13.2. The molecule has 1 N–H and O–H groups in total. The van der Waals surface area contributed by atoms with Crippen LogP contribution in [0.1, 0.15) is 5.82 Å². The highest BCUT2D eigenvalue weighted by Crippen LogP contribution is 2.17. The topological polar surface area (TPSA) is 89.8 Å². The van der Waals surface area contributed by atoms with Crippen LogP contribution in [-0.4, -0.2) is 34.4 Å². The van der Waals surface area contributed by atoms with Gasteiger partial charge in [-0.25, -0.2) is 13.4 Å². The minimum absolute atomic E-state index is 0.173. The van der Waals surface area contributed by atoms with Crippen LogP contribution < -0.4 is 5.32 Å². The van der Waals surface area contributed by atoms with E-state index < -0.39 is 9.84 Å². The summed E-state index contributed by atoms with van der Waals surface area (Å²) in [5.74, 6) is 1.02. The molecule has 8 heteroatoms. The van der Waals surface area contributed by atoms with Crippen molar-refractivity contribution in [2.24, 2.45) is 7.05 Å². The first-order chi connectivity index (χ1) is 8.48. The molecule has 0 bridgehead atoms. The lowest BCUT2D eigenvalue weighted by Gasteiger charge is -2.08. The molecule has 2 aromatic heterocycles. The van der Waals surface area contributed by atoms with Gasteiger partial charge in [0, 0.05) is 19.5 Å². The minimum Gasteiger partial charge on any atom is -0.362 e. The van der Waals surface area contributed by atoms with Crippen LogP contribution >= 0.6 is 0 Å². The van der Waals surface area contributed by atoms with Crippen LogP contribution in [0.3, 0.4) is 0 Å². The lowest BCUT2D eigenvalue weighted by atomic mass is 10.4. The van der Waals surface area contributed by atoms with E-state index >= 15 is 0 Å². The summed E-state index contributed by atoms with van der Waals surface area (Å²) in [5.41, 5.74) is 0. The molecule has 18 heavy (non-hydrogen) atoms. The molecule has 0 atom stereocenters. The van der Waals surface area contributed by atoms with Gasteiger partial charge in [-0.1, -0.05) is 0 Å². The molecule has 0 aliphatic rings. The van der Waals surface area contributed by atoms with Crippen LogP contribution in [0.4, 0.5) is 5.82 Å². The van der Waals surface area contributed by atoms with Crippen LogP contribution in [0, 0.1) is 0 Å². The lowest BCUT2D eigenvalue weighted by molar-refractivity contribution is 0.601. The molecule has 0 saturated carbocycles. The molecule has 2 rings (SSSR count). The summed E-state index contributed by atoms with van der Waals surface area (Å²) in [6, 6.07) is 3.10. The van der Waals surface area contributed by atoms with Gasteiger partial charge >= 0.3 is 0 Å². The Balaban J connectivity index is 2.23. The van der Waals surface area contributed by atoms with Gasteiger partial charge in [-0.3, -0.25) is 0 Å². The molecule has 0 aliphatic heterocycles. The van der Waals surface area contributed by atoms with E-state index in [9.17, 15) is 8.42 Å². The van der Waals surface area contributed by atoms with Gasteiger partial charge in [0.1, 0.15) is 17.0 Å². The molecule has 2 aromatic rings. The first kappa shape index (κ1) is 12.5. The fourth-order valence-electron chi connectivity index (χ4n) is 1.45. The van der Waals surface area contributed by atoms with Gasteiger partial charge in [0.25, 0.3) is 0 Å². The van der Waals surface area contributed by atoms with E-state index in [1.165, 1.54) is 12.3 Å². The van der Waals surface area contributed by atoms with Crippen molar-refractivity contribution in [2.45, 2.75) is 11.4 Å². The van der Waals surface area contributed by atoms with Gasteiger partial charge in [-0.15, -0.1) is 10.2 Å². The maximum atomic E-state index is 11.6. The van der Waals surface area contributed by atoms with Gasteiger partial charge in [0.15, 0.2) is 15.7 Å². The zero-order valence-electron chi connectivity index (χ0n) is 10.0. The van der Waals surface area contributed by atoms with Crippen LogP contribution in [0.5, 0.6) is 0 Å². The van der Waals surface area contributed by atoms with Gasteiger partial charge in [-0.05, 0) is 12.1 Å².